The van der Waals surface area contributed by atoms with Crippen LogP contribution in [0.15, 0.2) is 35.2 Å². The van der Waals surface area contributed by atoms with Crippen molar-refractivity contribution in [1.82, 2.24) is 5.32 Å². The number of unbranched alkanes of at least 4 members (excludes halogenated alkanes) is 2. The highest BCUT2D eigenvalue weighted by Crippen LogP contribution is 2.18. The molecule has 1 nitrogen and oxygen atoms in total. The quantitative estimate of drug-likeness (QED) is 0.534. The molecule has 0 unspecified atom stereocenters. The van der Waals surface area contributed by atoms with Crippen LogP contribution in [0.25, 0.3) is 0 Å². The molecule has 0 aliphatic heterocycles. The number of rotatable bonds is 8. The first-order valence-electron chi connectivity index (χ1n) is 5.82. The van der Waals surface area contributed by atoms with Crippen molar-refractivity contribution in [3.05, 3.63) is 30.3 Å². The summed E-state index contributed by atoms with van der Waals surface area (Å²) in [6.45, 7) is 4.43. The smallest absolute Gasteiger partial charge is 0.00719 e. The Balaban J connectivity index is 1.93. The van der Waals surface area contributed by atoms with Gasteiger partial charge < -0.3 is 5.32 Å². The molecule has 1 N–H and O–H groups in total. The van der Waals surface area contributed by atoms with Crippen LogP contribution in [0.4, 0.5) is 0 Å². The molecule has 15 heavy (non-hydrogen) atoms. The molecule has 1 rings (SSSR count). The highest BCUT2D eigenvalue weighted by molar-refractivity contribution is 7.99. The van der Waals surface area contributed by atoms with Crippen molar-refractivity contribution in [3.8, 4) is 0 Å². The lowest BCUT2D eigenvalue weighted by Gasteiger charge is -2.02. The molecule has 84 valence electrons. The summed E-state index contributed by atoms with van der Waals surface area (Å²) in [6.07, 6.45) is 3.97. The average molecular weight is 223 g/mol. The van der Waals surface area contributed by atoms with Gasteiger partial charge in [-0.3, -0.25) is 0 Å². The second kappa shape index (κ2) is 8.81. The molecule has 1 aromatic carbocycles. The van der Waals surface area contributed by atoms with Crippen LogP contribution in [-0.2, 0) is 0 Å². The summed E-state index contributed by atoms with van der Waals surface area (Å²) >= 11 is 1.96. The van der Waals surface area contributed by atoms with Gasteiger partial charge in [0.25, 0.3) is 0 Å². The minimum absolute atomic E-state index is 1.10. The van der Waals surface area contributed by atoms with E-state index in [9.17, 15) is 0 Å². The monoisotopic (exact) mass is 223 g/mol. The van der Waals surface area contributed by atoms with Crippen LogP contribution in [-0.4, -0.2) is 18.8 Å². The van der Waals surface area contributed by atoms with Gasteiger partial charge in [0.15, 0.2) is 0 Å². The third-order valence-electron chi connectivity index (χ3n) is 2.26. The van der Waals surface area contributed by atoms with Gasteiger partial charge in [0.1, 0.15) is 0 Å². The standard InChI is InChI=1S/C13H21NS/c1-2-14-11-7-4-8-12-15-13-9-5-3-6-10-13/h3,5-6,9-10,14H,2,4,7-8,11-12H2,1H3. The predicted octanol–water partition coefficient (Wildman–Crippen LogP) is 3.56. The summed E-state index contributed by atoms with van der Waals surface area (Å²) < 4.78 is 0. The number of thioether (sulfide) groups is 1. The predicted molar refractivity (Wildman–Crippen MR) is 69.6 cm³/mol. The van der Waals surface area contributed by atoms with Crippen LogP contribution >= 0.6 is 11.8 Å². The number of hydrogen-bond donors (Lipinski definition) is 1. The Hall–Kier alpha value is -0.470. The summed E-state index contributed by atoms with van der Waals surface area (Å²) in [5.41, 5.74) is 0. The molecule has 0 aliphatic carbocycles. The van der Waals surface area contributed by atoms with Crippen LogP contribution < -0.4 is 5.32 Å². The minimum Gasteiger partial charge on any atom is -0.317 e. The molecule has 0 aromatic heterocycles. The maximum Gasteiger partial charge on any atom is 0.00719 e. The highest BCUT2D eigenvalue weighted by atomic mass is 32.2. The van der Waals surface area contributed by atoms with Crippen LogP contribution in [0.3, 0.4) is 0 Å². The molecule has 0 heterocycles. The van der Waals surface area contributed by atoms with E-state index in [-0.39, 0.29) is 0 Å². The zero-order valence-electron chi connectivity index (χ0n) is 9.54. The first-order valence-corrected chi connectivity index (χ1v) is 6.80. The third-order valence-corrected chi connectivity index (χ3v) is 3.36. The summed E-state index contributed by atoms with van der Waals surface area (Å²) in [5.74, 6) is 1.25. The topological polar surface area (TPSA) is 12.0 Å². The van der Waals surface area contributed by atoms with E-state index in [2.05, 4.69) is 42.6 Å². The SMILES string of the molecule is CCNCCCCCSc1ccccc1. The van der Waals surface area contributed by atoms with Crippen LogP contribution in [0.1, 0.15) is 26.2 Å². The lowest BCUT2D eigenvalue weighted by molar-refractivity contribution is 0.636. The first kappa shape index (κ1) is 12.6. The molecule has 0 aliphatic rings. The lowest BCUT2D eigenvalue weighted by atomic mass is 10.2. The molecule has 0 saturated heterocycles. The average Bonchev–Trinajstić information content (AvgIpc) is 2.29. The summed E-state index contributed by atoms with van der Waals surface area (Å²) in [4.78, 5) is 1.39. The Morgan fingerprint density at radius 2 is 1.87 bits per heavy atom. The van der Waals surface area contributed by atoms with Crippen molar-refractivity contribution in [2.75, 3.05) is 18.8 Å². The van der Waals surface area contributed by atoms with E-state index in [1.165, 1.54) is 36.5 Å². The highest BCUT2D eigenvalue weighted by Gasteiger charge is 1.92. The fraction of sp³-hybridized carbons (Fsp3) is 0.538. The van der Waals surface area contributed by atoms with E-state index in [0.717, 1.165) is 6.54 Å². The van der Waals surface area contributed by atoms with E-state index >= 15 is 0 Å². The number of hydrogen-bond acceptors (Lipinski definition) is 2. The van der Waals surface area contributed by atoms with E-state index in [1.54, 1.807) is 0 Å². The molecular weight excluding hydrogens is 202 g/mol. The van der Waals surface area contributed by atoms with Gasteiger partial charge in [0.2, 0.25) is 0 Å². The third kappa shape index (κ3) is 6.58. The summed E-state index contributed by atoms with van der Waals surface area (Å²) in [5, 5.41) is 3.35. The molecule has 0 radical (unpaired) electrons. The van der Waals surface area contributed by atoms with Gasteiger partial charge >= 0.3 is 0 Å². The van der Waals surface area contributed by atoms with Crippen molar-refractivity contribution >= 4 is 11.8 Å². The van der Waals surface area contributed by atoms with Crippen LogP contribution in [0.2, 0.25) is 0 Å². The van der Waals surface area contributed by atoms with Gasteiger partial charge in [-0.2, -0.15) is 0 Å². The first-order chi connectivity index (χ1) is 7.43. The Kier molecular flexibility index (Phi) is 7.40. The number of nitrogens with one attached hydrogen (secondary N) is 1. The van der Waals surface area contributed by atoms with Gasteiger partial charge in [-0.15, -0.1) is 11.8 Å². The van der Waals surface area contributed by atoms with Gasteiger partial charge in [0.05, 0.1) is 0 Å². The van der Waals surface area contributed by atoms with Crippen molar-refractivity contribution < 1.29 is 0 Å². The van der Waals surface area contributed by atoms with Crippen molar-refractivity contribution in [1.29, 1.82) is 0 Å². The molecule has 2 heteroatoms. The zero-order valence-corrected chi connectivity index (χ0v) is 10.4. The largest absolute Gasteiger partial charge is 0.317 e. The maximum atomic E-state index is 3.35. The molecule has 0 atom stereocenters. The summed E-state index contributed by atoms with van der Waals surface area (Å²) in [7, 11) is 0. The zero-order chi connectivity index (χ0) is 10.8. The maximum absolute atomic E-state index is 3.35. The Labute approximate surface area is 97.7 Å². The molecule has 0 amide bonds. The van der Waals surface area contributed by atoms with Crippen molar-refractivity contribution in [2.24, 2.45) is 0 Å². The van der Waals surface area contributed by atoms with Gasteiger partial charge in [0, 0.05) is 4.90 Å². The van der Waals surface area contributed by atoms with E-state index in [4.69, 9.17) is 0 Å². The minimum atomic E-state index is 1.10. The fourth-order valence-electron chi connectivity index (χ4n) is 1.41. The summed E-state index contributed by atoms with van der Waals surface area (Å²) in [6, 6.07) is 10.6. The van der Waals surface area contributed by atoms with E-state index < -0.39 is 0 Å². The fourth-order valence-corrected chi connectivity index (χ4v) is 2.35. The van der Waals surface area contributed by atoms with Gasteiger partial charge in [-0.1, -0.05) is 31.5 Å². The van der Waals surface area contributed by atoms with Gasteiger partial charge in [-0.05, 0) is 43.8 Å². The molecule has 0 spiro atoms. The normalized spacial score (nSPS) is 10.5. The van der Waals surface area contributed by atoms with E-state index in [1.807, 2.05) is 11.8 Å². The van der Waals surface area contributed by atoms with Crippen molar-refractivity contribution in [2.45, 2.75) is 31.1 Å². The van der Waals surface area contributed by atoms with E-state index in [0.29, 0.717) is 0 Å². The van der Waals surface area contributed by atoms with Crippen LogP contribution in [0.5, 0.6) is 0 Å². The second-order valence-corrected chi connectivity index (χ2v) is 4.74. The lowest BCUT2D eigenvalue weighted by Crippen LogP contribution is -2.13. The molecular formula is C13H21NS. The number of benzene rings is 1. The molecule has 1 aromatic rings. The second-order valence-electron chi connectivity index (χ2n) is 3.58. The molecule has 0 fully saturated rings. The Morgan fingerprint density at radius 3 is 2.60 bits per heavy atom. The Bertz CT molecular complexity index is 236. The molecule has 0 bridgehead atoms. The Morgan fingerprint density at radius 1 is 1.07 bits per heavy atom. The molecule has 0 saturated carbocycles. The van der Waals surface area contributed by atoms with Gasteiger partial charge in [-0.25, -0.2) is 0 Å². The van der Waals surface area contributed by atoms with Crippen LogP contribution in [0, 0.1) is 0 Å². The van der Waals surface area contributed by atoms with Crippen molar-refractivity contribution in [3.63, 3.8) is 0 Å².